The van der Waals surface area contributed by atoms with E-state index in [1.807, 2.05) is 17.4 Å². The third-order valence-corrected chi connectivity index (χ3v) is 10.5. The van der Waals surface area contributed by atoms with Crippen LogP contribution in [0.2, 0.25) is 0 Å². The highest BCUT2D eigenvalue weighted by Crippen LogP contribution is 2.41. The predicted octanol–water partition coefficient (Wildman–Crippen LogP) is 12.1. The standard InChI is InChI=1S/C43H30N2S/c1-3-29(30-24-25-40-37(27-30)33-17-8-11-21-39(33)45(40)31-14-5-4-6-15-31)26-36-28(2)44(38-20-10-7-16-32(36)38)41-22-13-19-35-34-18-9-12-23-42(34)46-43(35)41/h3-27H,1H2,2H3/b29-26+. The molecule has 0 unspecified atom stereocenters. The molecule has 0 spiro atoms. The van der Waals surface area contributed by atoms with Crippen molar-refractivity contribution in [3.05, 3.63) is 169 Å². The summed E-state index contributed by atoms with van der Waals surface area (Å²) < 4.78 is 7.43. The Bertz CT molecular complexity index is 2660. The minimum absolute atomic E-state index is 1.10. The molecule has 6 aromatic carbocycles. The summed E-state index contributed by atoms with van der Waals surface area (Å²) in [5.41, 5.74) is 10.7. The molecule has 0 radical (unpaired) electrons. The molecule has 0 atom stereocenters. The Kier molecular flexibility index (Phi) is 6.09. The van der Waals surface area contributed by atoms with E-state index in [-0.39, 0.29) is 0 Å². The normalized spacial score (nSPS) is 12.2. The Morgan fingerprint density at radius 1 is 0.587 bits per heavy atom. The Morgan fingerprint density at radius 2 is 1.24 bits per heavy atom. The topological polar surface area (TPSA) is 9.86 Å². The van der Waals surface area contributed by atoms with E-state index < -0.39 is 0 Å². The number of nitrogens with zero attached hydrogens (tertiary/aromatic N) is 2. The number of hydrogen-bond acceptors (Lipinski definition) is 1. The first kappa shape index (κ1) is 26.7. The highest BCUT2D eigenvalue weighted by Gasteiger charge is 2.19. The first-order valence-electron chi connectivity index (χ1n) is 15.6. The molecular formula is C43H30N2S. The van der Waals surface area contributed by atoms with Crippen LogP contribution in [0.4, 0.5) is 0 Å². The van der Waals surface area contributed by atoms with Crippen molar-refractivity contribution in [2.24, 2.45) is 0 Å². The number of thiophene rings is 1. The van der Waals surface area contributed by atoms with Crippen LogP contribution in [0.25, 0.3) is 75.9 Å². The summed E-state index contributed by atoms with van der Waals surface area (Å²) in [6, 6.07) is 50.3. The summed E-state index contributed by atoms with van der Waals surface area (Å²) in [5, 5.41) is 6.34. The van der Waals surface area contributed by atoms with Crippen LogP contribution in [0.5, 0.6) is 0 Å². The predicted molar refractivity (Wildman–Crippen MR) is 200 cm³/mol. The van der Waals surface area contributed by atoms with Crippen LogP contribution in [0.1, 0.15) is 16.8 Å². The van der Waals surface area contributed by atoms with Gasteiger partial charge in [-0.3, -0.25) is 0 Å². The molecule has 46 heavy (non-hydrogen) atoms. The lowest BCUT2D eigenvalue weighted by atomic mass is 9.99. The van der Waals surface area contributed by atoms with Crippen LogP contribution >= 0.6 is 11.3 Å². The van der Waals surface area contributed by atoms with E-state index in [0.29, 0.717) is 0 Å². The highest BCUT2D eigenvalue weighted by atomic mass is 32.1. The second-order valence-electron chi connectivity index (χ2n) is 11.8. The SMILES string of the molecule is C=C/C(=C\c1c(C)n(-c2cccc3c2sc2ccccc23)c2ccccc12)c1ccc2c(c1)c1ccccc1n2-c1ccccc1. The number of fused-ring (bicyclic) bond motifs is 7. The van der Waals surface area contributed by atoms with Gasteiger partial charge in [0.05, 0.1) is 26.9 Å². The van der Waals surface area contributed by atoms with Gasteiger partial charge in [-0.1, -0.05) is 104 Å². The van der Waals surface area contributed by atoms with Crippen LogP contribution in [-0.2, 0) is 0 Å². The number of allylic oxidation sites excluding steroid dienone is 2. The fourth-order valence-corrected chi connectivity index (χ4v) is 8.42. The van der Waals surface area contributed by atoms with E-state index in [4.69, 9.17) is 0 Å². The molecule has 0 fully saturated rings. The third kappa shape index (κ3) is 3.95. The zero-order valence-corrected chi connectivity index (χ0v) is 26.3. The Labute approximate surface area is 271 Å². The summed E-state index contributed by atoms with van der Waals surface area (Å²) in [7, 11) is 0. The van der Waals surface area contributed by atoms with Gasteiger partial charge in [0, 0.05) is 48.6 Å². The Hall–Kier alpha value is -5.64. The molecule has 0 aliphatic heterocycles. The molecule has 9 aromatic rings. The molecule has 0 N–H and O–H groups in total. The van der Waals surface area contributed by atoms with Gasteiger partial charge >= 0.3 is 0 Å². The fraction of sp³-hybridized carbons (Fsp3) is 0.0233. The zero-order chi connectivity index (χ0) is 30.8. The lowest BCUT2D eigenvalue weighted by Crippen LogP contribution is -1.97. The monoisotopic (exact) mass is 606 g/mol. The van der Waals surface area contributed by atoms with Crippen LogP contribution in [0.3, 0.4) is 0 Å². The van der Waals surface area contributed by atoms with Crippen molar-refractivity contribution in [3.63, 3.8) is 0 Å². The first-order chi connectivity index (χ1) is 22.7. The molecule has 0 amide bonds. The van der Waals surface area contributed by atoms with E-state index in [0.717, 1.165) is 16.8 Å². The molecule has 0 saturated carbocycles. The van der Waals surface area contributed by atoms with Gasteiger partial charge in [0.2, 0.25) is 0 Å². The smallest absolute Gasteiger partial charge is 0.0637 e. The molecule has 2 nitrogen and oxygen atoms in total. The van der Waals surface area contributed by atoms with Gasteiger partial charge in [-0.15, -0.1) is 11.3 Å². The number of rotatable bonds is 5. The van der Waals surface area contributed by atoms with Crippen LogP contribution in [0.15, 0.2) is 152 Å². The molecule has 0 aliphatic rings. The van der Waals surface area contributed by atoms with Gasteiger partial charge in [0.1, 0.15) is 0 Å². The maximum Gasteiger partial charge on any atom is 0.0637 e. The van der Waals surface area contributed by atoms with E-state index in [2.05, 4.69) is 168 Å². The van der Waals surface area contributed by atoms with E-state index in [9.17, 15) is 0 Å². The van der Waals surface area contributed by atoms with Crippen molar-refractivity contribution in [2.75, 3.05) is 0 Å². The molecule has 218 valence electrons. The van der Waals surface area contributed by atoms with Crippen molar-refractivity contribution in [3.8, 4) is 11.4 Å². The summed E-state index contributed by atoms with van der Waals surface area (Å²) in [6.45, 7) is 6.54. The molecule has 9 rings (SSSR count). The van der Waals surface area contributed by atoms with Crippen molar-refractivity contribution < 1.29 is 0 Å². The lowest BCUT2D eigenvalue weighted by Gasteiger charge is -2.10. The summed E-state index contributed by atoms with van der Waals surface area (Å²) in [4.78, 5) is 0. The molecule has 0 aliphatic carbocycles. The van der Waals surface area contributed by atoms with E-state index >= 15 is 0 Å². The second kappa shape index (κ2) is 10.5. The quantitative estimate of drug-likeness (QED) is 0.173. The Morgan fingerprint density at radius 3 is 2.04 bits per heavy atom. The number of aromatic nitrogens is 2. The van der Waals surface area contributed by atoms with E-state index in [1.54, 1.807) is 0 Å². The van der Waals surface area contributed by atoms with E-state index in [1.165, 1.54) is 69.8 Å². The summed E-state index contributed by atoms with van der Waals surface area (Å²) in [5.74, 6) is 0. The molecule has 3 heterocycles. The van der Waals surface area contributed by atoms with Gasteiger partial charge in [0.25, 0.3) is 0 Å². The van der Waals surface area contributed by atoms with Crippen molar-refractivity contribution in [1.82, 2.24) is 9.13 Å². The van der Waals surface area contributed by atoms with Crippen molar-refractivity contribution in [2.45, 2.75) is 6.92 Å². The lowest BCUT2D eigenvalue weighted by molar-refractivity contribution is 1.06. The number of benzene rings is 6. The van der Waals surface area contributed by atoms with Crippen LogP contribution in [-0.4, -0.2) is 9.13 Å². The van der Waals surface area contributed by atoms with Crippen molar-refractivity contribution in [1.29, 1.82) is 0 Å². The minimum Gasteiger partial charge on any atom is -0.312 e. The minimum atomic E-state index is 1.10. The molecule has 3 aromatic heterocycles. The molecular weight excluding hydrogens is 577 g/mol. The van der Waals surface area contributed by atoms with Gasteiger partial charge in [-0.05, 0) is 72.7 Å². The van der Waals surface area contributed by atoms with Gasteiger partial charge in [0.15, 0.2) is 0 Å². The molecule has 3 heteroatoms. The summed E-state index contributed by atoms with van der Waals surface area (Å²) in [6.07, 6.45) is 4.32. The van der Waals surface area contributed by atoms with Crippen LogP contribution in [0, 0.1) is 6.92 Å². The van der Waals surface area contributed by atoms with Gasteiger partial charge < -0.3 is 9.13 Å². The largest absolute Gasteiger partial charge is 0.312 e. The number of hydrogen-bond donors (Lipinski definition) is 0. The zero-order valence-electron chi connectivity index (χ0n) is 25.4. The maximum absolute atomic E-state index is 4.29. The third-order valence-electron chi connectivity index (χ3n) is 9.32. The van der Waals surface area contributed by atoms with Crippen molar-refractivity contribution >= 4 is 75.9 Å². The molecule has 0 saturated heterocycles. The average molecular weight is 607 g/mol. The van der Waals surface area contributed by atoms with Gasteiger partial charge in [-0.2, -0.15) is 0 Å². The summed E-state index contributed by atoms with van der Waals surface area (Å²) >= 11 is 1.87. The Balaban J connectivity index is 1.25. The fourth-order valence-electron chi connectivity index (χ4n) is 7.22. The second-order valence-corrected chi connectivity index (χ2v) is 12.9. The maximum atomic E-state index is 4.29. The highest BCUT2D eigenvalue weighted by molar-refractivity contribution is 7.26. The average Bonchev–Trinajstić information content (AvgIpc) is 3.74. The van der Waals surface area contributed by atoms with Crippen LogP contribution < -0.4 is 0 Å². The number of para-hydroxylation sites is 3. The molecule has 0 bridgehead atoms. The van der Waals surface area contributed by atoms with Gasteiger partial charge in [-0.25, -0.2) is 0 Å². The first-order valence-corrected chi connectivity index (χ1v) is 16.5.